The van der Waals surface area contributed by atoms with Crippen LogP contribution in [0.1, 0.15) is 38.5 Å². The van der Waals surface area contributed by atoms with Crippen LogP contribution in [0.25, 0.3) is 0 Å². The summed E-state index contributed by atoms with van der Waals surface area (Å²) in [4.78, 5) is 28.5. The summed E-state index contributed by atoms with van der Waals surface area (Å²) >= 11 is 0. The largest absolute Gasteiger partial charge is 0.357 e. The maximum absolute atomic E-state index is 12.4. The Balaban J connectivity index is 1.59. The van der Waals surface area contributed by atoms with E-state index in [1.165, 1.54) is 19.3 Å². The van der Waals surface area contributed by atoms with Gasteiger partial charge in [0.25, 0.3) is 0 Å². The normalized spacial score (nSPS) is 39.1. The first-order valence-corrected chi connectivity index (χ1v) is 7.24. The van der Waals surface area contributed by atoms with Gasteiger partial charge < -0.3 is 5.32 Å². The smallest absolute Gasteiger partial charge is 0.249 e. The third-order valence-corrected chi connectivity index (χ3v) is 5.17. The number of carbonyl (C=O) groups is 2. The van der Waals surface area contributed by atoms with Crippen molar-refractivity contribution in [3.63, 3.8) is 0 Å². The molecule has 4 rings (SSSR count). The van der Waals surface area contributed by atoms with Crippen molar-refractivity contribution in [2.75, 3.05) is 13.7 Å². The highest BCUT2D eigenvalue weighted by Gasteiger charge is 2.54. The van der Waals surface area contributed by atoms with E-state index in [-0.39, 0.29) is 23.8 Å². The van der Waals surface area contributed by atoms with Gasteiger partial charge in [-0.2, -0.15) is 0 Å². The highest BCUT2D eigenvalue weighted by molar-refractivity contribution is 5.82. The molecule has 4 bridgehead atoms. The van der Waals surface area contributed by atoms with Gasteiger partial charge in [0.1, 0.15) is 0 Å². The van der Waals surface area contributed by atoms with E-state index in [9.17, 15) is 9.59 Å². The van der Waals surface area contributed by atoms with E-state index >= 15 is 0 Å². The molecular weight excluding hydrogens is 244 g/mol. The Labute approximate surface area is 113 Å². The molecule has 4 fully saturated rings. The molecule has 4 aliphatic rings. The first kappa shape index (κ1) is 12.9. The molecule has 0 aromatic carbocycles. The molecule has 0 aromatic rings. The lowest BCUT2D eigenvalue weighted by atomic mass is 9.49. The van der Waals surface area contributed by atoms with Crippen molar-refractivity contribution in [1.29, 1.82) is 0 Å². The van der Waals surface area contributed by atoms with Gasteiger partial charge in [-0.1, -0.05) is 0 Å². The van der Waals surface area contributed by atoms with E-state index in [2.05, 4.69) is 10.8 Å². The second-order valence-corrected chi connectivity index (χ2v) is 6.59. The molecule has 0 saturated heterocycles. The Hall–Kier alpha value is -1.10. The van der Waals surface area contributed by atoms with Crippen LogP contribution < -0.4 is 10.8 Å². The minimum Gasteiger partial charge on any atom is -0.357 e. The summed E-state index contributed by atoms with van der Waals surface area (Å²) in [5.74, 6) is 1.96. The summed E-state index contributed by atoms with van der Waals surface area (Å²) in [5.41, 5.74) is 2.29. The third kappa shape index (κ3) is 2.36. The Morgan fingerprint density at radius 2 is 1.63 bits per heavy atom. The molecule has 19 heavy (non-hydrogen) atoms. The zero-order chi connectivity index (χ0) is 13.5. The van der Waals surface area contributed by atoms with Gasteiger partial charge in [0, 0.05) is 7.05 Å². The summed E-state index contributed by atoms with van der Waals surface area (Å²) in [6, 6.07) is 0. The SMILES string of the molecule is CNC(=O)CONC(=O)C12CC3CC(CC(C3)C1)C2. The monoisotopic (exact) mass is 266 g/mol. The first-order chi connectivity index (χ1) is 9.11. The summed E-state index contributed by atoms with van der Waals surface area (Å²) in [7, 11) is 1.55. The molecule has 4 saturated carbocycles. The number of nitrogens with one attached hydrogen (secondary N) is 2. The quantitative estimate of drug-likeness (QED) is 0.746. The van der Waals surface area contributed by atoms with E-state index in [1.54, 1.807) is 7.05 Å². The van der Waals surface area contributed by atoms with E-state index in [0.717, 1.165) is 37.0 Å². The number of carbonyl (C=O) groups excluding carboxylic acids is 2. The molecule has 0 heterocycles. The van der Waals surface area contributed by atoms with Crippen molar-refractivity contribution in [2.45, 2.75) is 38.5 Å². The number of hydroxylamine groups is 1. The fourth-order valence-electron chi connectivity index (χ4n) is 4.74. The van der Waals surface area contributed by atoms with E-state index in [4.69, 9.17) is 4.84 Å². The number of amides is 2. The van der Waals surface area contributed by atoms with E-state index in [1.807, 2.05) is 0 Å². The fourth-order valence-corrected chi connectivity index (χ4v) is 4.74. The van der Waals surface area contributed by atoms with Crippen LogP contribution in [0.3, 0.4) is 0 Å². The molecule has 0 aliphatic heterocycles. The Morgan fingerprint density at radius 1 is 1.11 bits per heavy atom. The average molecular weight is 266 g/mol. The van der Waals surface area contributed by atoms with Crippen molar-refractivity contribution in [3.05, 3.63) is 0 Å². The first-order valence-electron chi connectivity index (χ1n) is 7.24. The van der Waals surface area contributed by atoms with Gasteiger partial charge in [-0.05, 0) is 56.3 Å². The van der Waals surface area contributed by atoms with Crippen molar-refractivity contribution < 1.29 is 14.4 Å². The molecule has 0 aromatic heterocycles. The van der Waals surface area contributed by atoms with Gasteiger partial charge in [-0.15, -0.1) is 0 Å². The van der Waals surface area contributed by atoms with Crippen molar-refractivity contribution in [3.8, 4) is 0 Å². The van der Waals surface area contributed by atoms with Crippen LogP contribution in [0.15, 0.2) is 0 Å². The lowest BCUT2D eigenvalue weighted by Gasteiger charge is -2.55. The zero-order valence-corrected chi connectivity index (χ0v) is 11.4. The Morgan fingerprint density at radius 3 is 2.11 bits per heavy atom. The van der Waals surface area contributed by atoms with Crippen molar-refractivity contribution in [1.82, 2.24) is 10.8 Å². The van der Waals surface area contributed by atoms with Crippen LogP contribution in [-0.2, 0) is 14.4 Å². The summed E-state index contributed by atoms with van der Waals surface area (Å²) in [6.07, 6.45) is 6.96. The van der Waals surface area contributed by atoms with Crippen molar-refractivity contribution in [2.24, 2.45) is 23.2 Å². The maximum atomic E-state index is 12.4. The van der Waals surface area contributed by atoms with Gasteiger partial charge >= 0.3 is 0 Å². The summed E-state index contributed by atoms with van der Waals surface area (Å²) < 4.78 is 0. The van der Waals surface area contributed by atoms with Crippen molar-refractivity contribution >= 4 is 11.8 Å². The molecule has 2 N–H and O–H groups in total. The van der Waals surface area contributed by atoms with Crippen LogP contribution in [0.4, 0.5) is 0 Å². The average Bonchev–Trinajstić information content (AvgIpc) is 2.36. The topological polar surface area (TPSA) is 67.4 Å². The number of rotatable bonds is 4. The summed E-state index contributed by atoms with van der Waals surface area (Å²) in [5, 5.41) is 2.46. The van der Waals surface area contributed by atoms with Gasteiger partial charge in [0.05, 0.1) is 5.41 Å². The molecule has 2 amide bonds. The fraction of sp³-hybridized carbons (Fsp3) is 0.857. The van der Waals surface area contributed by atoms with E-state index in [0.29, 0.717) is 0 Å². The molecule has 4 aliphatic carbocycles. The molecule has 5 nitrogen and oxygen atoms in total. The number of hydrogen-bond donors (Lipinski definition) is 2. The highest BCUT2D eigenvalue weighted by Crippen LogP contribution is 2.60. The predicted octanol–water partition coefficient (Wildman–Crippen LogP) is 0.997. The second kappa shape index (κ2) is 4.78. The third-order valence-electron chi connectivity index (χ3n) is 5.17. The molecule has 0 atom stereocenters. The maximum Gasteiger partial charge on any atom is 0.249 e. The Kier molecular flexibility index (Phi) is 3.25. The van der Waals surface area contributed by atoms with Crippen LogP contribution in [0.5, 0.6) is 0 Å². The van der Waals surface area contributed by atoms with Gasteiger partial charge in [0.15, 0.2) is 6.61 Å². The molecule has 106 valence electrons. The standard InChI is InChI=1S/C14H22N2O3/c1-15-12(17)8-19-16-13(18)14-5-9-2-10(6-14)4-11(3-9)7-14/h9-11H,2-8H2,1H3,(H,15,17)(H,16,18). The van der Waals surface area contributed by atoms with Crippen LogP contribution >= 0.6 is 0 Å². The van der Waals surface area contributed by atoms with Gasteiger partial charge in [-0.25, -0.2) is 5.48 Å². The minimum atomic E-state index is -0.231. The lowest BCUT2D eigenvalue weighted by Crippen LogP contribution is -2.53. The second-order valence-electron chi connectivity index (χ2n) is 6.59. The molecule has 0 radical (unpaired) electrons. The number of likely N-dealkylation sites (N-methyl/N-ethyl adjacent to an activating group) is 1. The van der Waals surface area contributed by atoms with Gasteiger partial charge in [-0.3, -0.25) is 14.4 Å². The Bertz CT molecular complexity index is 359. The zero-order valence-electron chi connectivity index (χ0n) is 11.4. The summed E-state index contributed by atoms with van der Waals surface area (Å²) in [6.45, 7) is -0.116. The molecule has 0 unspecified atom stereocenters. The highest BCUT2D eigenvalue weighted by atomic mass is 16.7. The molecule has 0 spiro atoms. The molecular formula is C14H22N2O3. The lowest BCUT2D eigenvalue weighted by molar-refractivity contribution is -0.160. The minimum absolute atomic E-state index is 0.00416. The van der Waals surface area contributed by atoms with Crippen LogP contribution in [0.2, 0.25) is 0 Å². The predicted molar refractivity (Wildman–Crippen MR) is 68.8 cm³/mol. The van der Waals surface area contributed by atoms with Gasteiger partial charge in [0.2, 0.25) is 11.8 Å². The van der Waals surface area contributed by atoms with Crippen LogP contribution in [-0.4, -0.2) is 25.5 Å². The number of hydrogen-bond acceptors (Lipinski definition) is 3. The van der Waals surface area contributed by atoms with E-state index < -0.39 is 0 Å². The molecule has 5 heteroatoms. The van der Waals surface area contributed by atoms with Crippen LogP contribution in [0, 0.1) is 23.2 Å².